The second-order valence-electron chi connectivity index (χ2n) is 8.41. The number of methoxy groups -OCH3 is 1. The number of carboxylic acid groups (broad SMARTS) is 1. The van der Waals surface area contributed by atoms with Gasteiger partial charge in [-0.2, -0.15) is 0 Å². The van der Waals surface area contributed by atoms with Crippen LogP contribution in [0.3, 0.4) is 0 Å². The lowest BCUT2D eigenvalue weighted by Gasteiger charge is -2.27. The number of hydrogen-bond acceptors (Lipinski definition) is 5. The summed E-state index contributed by atoms with van der Waals surface area (Å²) in [5, 5.41) is 12.3. The summed E-state index contributed by atoms with van der Waals surface area (Å²) in [5.74, 6) is -2.22. The number of imide groups is 1. The maximum atomic E-state index is 12.8. The van der Waals surface area contributed by atoms with Gasteiger partial charge in [-0.05, 0) is 43.9 Å². The predicted octanol–water partition coefficient (Wildman–Crippen LogP) is 2.45. The molecule has 1 aliphatic carbocycles. The van der Waals surface area contributed by atoms with Crippen molar-refractivity contribution in [1.29, 1.82) is 0 Å². The molecule has 0 radical (unpaired) electrons. The number of fused-ring (bicyclic) bond motifs is 1. The Bertz CT molecular complexity index is 895. The first kappa shape index (κ1) is 21.1. The molecule has 9 heteroatoms. The van der Waals surface area contributed by atoms with Crippen LogP contribution in [0.1, 0.15) is 44.1 Å². The normalized spacial score (nSPS) is 25.5. The standard InChI is InChI=1S/C22H27N3O6/c1-31-18-9-8-14(23-19(26)15-5-2-3-6-16(15)21(28)29)11-13(18)12-25-20(27)17-7-4-10-24(17)22(25)30/h8-9,11,15-17H,2-7,10,12H2,1H3,(H,23,26)(H,28,29). The van der Waals surface area contributed by atoms with Crippen molar-refractivity contribution in [3.63, 3.8) is 0 Å². The van der Waals surface area contributed by atoms with Crippen molar-refractivity contribution in [2.24, 2.45) is 11.8 Å². The highest BCUT2D eigenvalue weighted by molar-refractivity contribution is 6.04. The van der Waals surface area contributed by atoms with E-state index in [2.05, 4.69) is 5.32 Å². The minimum absolute atomic E-state index is 0.0543. The number of aliphatic carboxylic acids is 1. The highest BCUT2D eigenvalue weighted by Gasteiger charge is 2.47. The van der Waals surface area contributed by atoms with Gasteiger partial charge in [0.2, 0.25) is 5.91 Å². The monoisotopic (exact) mass is 429 g/mol. The van der Waals surface area contributed by atoms with Crippen molar-refractivity contribution in [1.82, 2.24) is 9.80 Å². The molecule has 2 N–H and O–H groups in total. The zero-order chi connectivity index (χ0) is 22.1. The number of benzene rings is 1. The third-order valence-electron chi connectivity index (χ3n) is 6.58. The number of rotatable bonds is 6. The molecule has 31 heavy (non-hydrogen) atoms. The second kappa shape index (κ2) is 8.56. The average molecular weight is 429 g/mol. The first-order chi connectivity index (χ1) is 14.9. The largest absolute Gasteiger partial charge is 0.496 e. The van der Waals surface area contributed by atoms with E-state index in [4.69, 9.17) is 4.74 Å². The van der Waals surface area contributed by atoms with Gasteiger partial charge in [-0.1, -0.05) is 12.8 Å². The van der Waals surface area contributed by atoms with Crippen LogP contribution in [0.5, 0.6) is 5.75 Å². The Morgan fingerprint density at radius 1 is 1.13 bits per heavy atom. The second-order valence-corrected chi connectivity index (χ2v) is 8.41. The molecule has 4 rings (SSSR count). The Hall–Kier alpha value is -3.10. The highest BCUT2D eigenvalue weighted by Crippen LogP contribution is 2.33. The lowest BCUT2D eigenvalue weighted by Crippen LogP contribution is -2.36. The zero-order valence-electron chi connectivity index (χ0n) is 17.5. The van der Waals surface area contributed by atoms with Gasteiger partial charge in [0.25, 0.3) is 5.91 Å². The number of ether oxygens (including phenoxy) is 1. The third-order valence-corrected chi connectivity index (χ3v) is 6.58. The van der Waals surface area contributed by atoms with Crippen LogP contribution < -0.4 is 10.1 Å². The van der Waals surface area contributed by atoms with Gasteiger partial charge in [0.15, 0.2) is 0 Å². The fourth-order valence-corrected chi connectivity index (χ4v) is 4.95. The van der Waals surface area contributed by atoms with E-state index >= 15 is 0 Å². The van der Waals surface area contributed by atoms with E-state index < -0.39 is 17.8 Å². The maximum Gasteiger partial charge on any atom is 0.327 e. The van der Waals surface area contributed by atoms with E-state index in [0.29, 0.717) is 42.8 Å². The molecule has 4 amide bonds. The van der Waals surface area contributed by atoms with Gasteiger partial charge in [-0.3, -0.25) is 19.3 Å². The van der Waals surface area contributed by atoms with Crippen molar-refractivity contribution in [2.45, 2.75) is 51.1 Å². The SMILES string of the molecule is COc1ccc(NC(=O)C2CCCCC2C(=O)O)cc1CN1C(=O)C2CCCN2C1=O. The molecule has 9 nitrogen and oxygen atoms in total. The van der Waals surface area contributed by atoms with Gasteiger partial charge >= 0.3 is 12.0 Å². The summed E-state index contributed by atoms with van der Waals surface area (Å²) in [5.41, 5.74) is 1.08. The van der Waals surface area contributed by atoms with E-state index in [-0.39, 0.29) is 30.4 Å². The van der Waals surface area contributed by atoms with Crippen LogP contribution >= 0.6 is 0 Å². The van der Waals surface area contributed by atoms with Crippen LogP contribution in [0.4, 0.5) is 10.5 Å². The Balaban J connectivity index is 1.51. The molecular weight excluding hydrogens is 402 g/mol. The first-order valence-corrected chi connectivity index (χ1v) is 10.7. The summed E-state index contributed by atoms with van der Waals surface area (Å²) in [7, 11) is 1.50. The van der Waals surface area contributed by atoms with Crippen molar-refractivity contribution in [3.05, 3.63) is 23.8 Å². The van der Waals surface area contributed by atoms with E-state index in [0.717, 1.165) is 19.3 Å². The summed E-state index contributed by atoms with van der Waals surface area (Å²) in [6.45, 7) is 0.643. The van der Waals surface area contributed by atoms with Gasteiger partial charge < -0.3 is 20.1 Å². The summed E-state index contributed by atoms with van der Waals surface area (Å²) < 4.78 is 5.39. The maximum absolute atomic E-state index is 12.8. The molecule has 0 aromatic heterocycles. The number of nitrogens with zero attached hydrogens (tertiary/aromatic N) is 2. The summed E-state index contributed by atoms with van der Waals surface area (Å²) in [6.07, 6.45) is 4.19. The molecule has 2 saturated heterocycles. The number of hydrogen-bond donors (Lipinski definition) is 2. The van der Waals surface area contributed by atoms with Crippen molar-refractivity contribution >= 4 is 29.5 Å². The van der Waals surface area contributed by atoms with Gasteiger partial charge in [0.1, 0.15) is 11.8 Å². The van der Waals surface area contributed by atoms with Crippen molar-refractivity contribution < 1.29 is 29.0 Å². The Morgan fingerprint density at radius 3 is 2.55 bits per heavy atom. The summed E-state index contributed by atoms with van der Waals surface area (Å²) in [4.78, 5) is 52.5. The lowest BCUT2D eigenvalue weighted by molar-refractivity contribution is -0.147. The Labute approximate surface area is 180 Å². The van der Waals surface area contributed by atoms with Gasteiger partial charge in [-0.15, -0.1) is 0 Å². The van der Waals surface area contributed by atoms with E-state index in [1.165, 1.54) is 12.0 Å². The fourth-order valence-electron chi connectivity index (χ4n) is 4.95. The van der Waals surface area contributed by atoms with Crippen LogP contribution in [-0.4, -0.2) is 58.4 Å². The number of carboxylic acids is 1. The molecule has 3 unspecified atom stereocenters. The predicted molar refractivity (Wildman–Crippen MR) is 110 cm³/mol. The summed E-state index contributed by atoms with van der Waals surface area (Å²) in [6, 6.07) is 4.35. The Kier molecular flexibility index (Phi) is 5.84. The minimum Gasteiger partial charge on any atom is -0.496 e. The summed E-state index contributed by atoms with van der Waals surface area (Å²) >= 11 is 0. The molecule has 3 aliphatic rings. The number of urea groups is 1. The van der Waals surface area contributed by atoms with E-state index in [1.54, 1.807) is 23.1 Å². The highest BCUT2D eigenvalue weighted by atomic mass is 16.5. The zero-order valence-corrected chi connectivity index (χ0v) is 17.5. The quantitative estimate of drug-likeness (QED) is 0.671. The number of amides is 4. The van der Waals surface area contributed by atoms with Crippen molar-refractivity contribution in [3.8, 4) is 5.75 Å². The minimum atomic E-state index is -0.943. The molecule has 1 aromatic rings. The molecule has 1 aromatic carbocycles. The smallest absolute Gasteiger partial charge is 0.327 e. The number of nitrogens with one attached hydrogen (secondary N) is 1. The van der Waals surface area contributed by atoms with Crippen LogP contribution in [-0.2, 0) is 20.9 Å². The molecule has 2 heterocycles. The van der Waals surface area contributed by atoms with Gasteiger partial charge in [0, 0.05) is 17.8 Å². The van der Waals surface area contributed by atoms with Gasteiger partial charge in [0.05, 0.1) is 25.5 Å². The topological polar surface area (TPSA) is 116 Å². The molecule has 166 valence electrons. The number of anilines is 1. The van der Waals surface area contributed by atoms with Crippen LogP contribution in [0.25, 0.3) is 0 Å². The van der Waals surface area contributed by atoms with Crippen LogP contribution in [0, 0.1) is 11.8 Å². The molecule has 3 atom stereocenters. The molecule has 1 saturated carbocycles. The molecule has 0 spiro atoms. The molecule has 0 bridgehead atoms. The number of carbonyl (C=O) groups is 4. The third kappa shape index (κ3) is 3.96. The lowest BCUT2D eigenvalue weighted by atomic mass is 9.78. The van der Waals surface area contributed by atoms with Crippen LogP contribution in [0.2, 0.25) is 0 Å². The van der Waals surface area contributed by atoms with Gasteiger partial charge in [-0.25, -0.2) is 4.79 Å². The fraction of sp³-hybridized carbons (Fsp3) is 0.545. The average Bonchev–Trinajstić information content (AvgIpc) is 3.33. The van der Waals surface area contributed by atoms with Crippen LogP contribution in [0.15, 0.2) is 18.2 Å². The van der Waals surface area contributed by atoms with E-state index in [1.807, 2.05) is 0 Å². The van der Waals surface area contributed by atoms with E-state index in [9.17, 15) is 24.3 Å². The first-order valence-electron chi connectivity index (χ1n) is 10.7. The Morgan fingerprint density at radius 2 is 1.87 bits per heavy atom. The molecule has 2 aliphatic heterocycles. The molecule has 3 fully saturated rings. The molecular formula is C22H27N3O6. The number of carbonyl (C=O) groups excluding carboxylic acids is 3. The van der Waals surface area contributed by atoms with Crippen molar-refractivity contribution in [2.75, 3.05) is 19.0 Å².